The van der Waals surface area contributed by atoms with Gasteiger partial charge in [-0.1, -0.05) is 85.0 Å². The molecule has 0 spiro atoms. The average Bonchev–Trinajstić information content (AvgIpc) is 2.49. The Balaban J connectivity index is 1.67. The van der Waals surface area contributed by atoms with E-state index in [-0.39, 0.29) is 0 Å². The zero-order chi connectivity index (χ0) is 14.9. The van der Waals surface area contributed by atoms with Crippen molar-refractivity contribution in [3.8, 4) is 0 Å². The first-order valence-corrected chi connectivity index (χ1v) is 7.65. The van der Waals surface area contributed by atoms with Gasteiger partial charge in [-0.15, -0.1) is 0 Å². The smallest absolute Gasteiger partial charge is 0.00698 e. The van der Waals surface area contributed by atoms with E-state index in [0.717, 1.165) is 32.1 Å². The Morgan fingerprint density at radius 1 is 0.619 bits per heavy atom. The van der Waals surface area contributed by atoms with Gasteiger partial charge >= 0.3 is 0 Å². The van der Waals surface area contributed by atoms with E-state index in [4.69, 9.17) is 0 Å². The Bertz CT molecular complexity index is 510. The molecule has 0 nitrogen and oxygen atoms in total. The van der Waals surface area contributed by atoms with Crippen LogP contribution >= 0.6 is 0 Å². The first-order chi connectivity index (χ1) is 10.2. The molecular weight excluding hydrogens is 252 g/mol. The first-order valence-electron chi connectivity index (χ1n) is 7.65. The molecule has 0 aliphatic carbocycles. The minimum atomic E-state index is 0.992. The molecule has 0 fully saturated rings. The number of allylic oxidation sites excluding steroid dienone is 2. The molecule has 21 heavy (non-hydrogen) atoms. The van der Waals surface area contributed by atoms with Gasteiger partial charge in [0.25, 0.3) is 0 Å². The van der Waals surface area contributed by atoms with Gasteiger partial charge in [0.15, 0.2) is 0 Å². The van der Waals surface area contributed by atoms with Crippen molar-refractivity contribution >= 4 is 0 Å². The lowest BCUT2D eigenvalue weighted by molar-refractivity contribution is 0.776. The lowest BCUT2D eigenvalue weighted by Gasteiger charge is -2.08. The van der Waals surface area contributed by atoms with Crippen LogP contribution in [0, 0.1) is 0 Å². The van der Waals surface area contributed by atoms with Crippen molar-refractivity contribution in [2.45, 2.75) is 32.1 Å². The van der Waals surface area contributed by atoms with Crippen molar-refractivity contribution < 1.29 is 0 Å². The van der Waals surface area contributed by atoms with Crippen LogP contribution in [0.2, 0.25) is 0 Å². The molecule has 0 bridgehead atoms. The number of hydrogen-bond acceptors (Lipinski definition) is 0. The van der Waals surface area contributed by atoms with E-state index in [1.54, 1.807) is 0 Å². The third-order valence-electron chi connectivity index (χ3n) is 3.65. The molecule has 0 N–H and O–H groups in total. The third-order valence-corrected chi connectivity index (χ3v) is 3.65. The van der Waals surface area contributed by atoms with Crippen LogP contribution in [0.15, 0.2) is 85.0 Å². The van der Waals surface area contributed by atoms with Gasteiger partial charge in [-0.2, -0.15) is 0 Å². The summed E-state index contributed by atoms with van der Waals surface area (Å²) in [6.45, 7) is 8.40. The Kier molecular flexibility index (Phi) is 6.02. The highest BCUT2D eigenvalue weighted by Crippen LogP contribution is 2.17. The van der Waals surface area contributed by atoms with Crippen molar-refractivity contribution in [2.24, 2.45) is 0 Å². The molecule has 0 aliphatic heterocycles. The summed E-state index contributed by atoms with van der Waals surface area (Å²) in [4.78, 5) is 0. The standard InChI is InChI=1S/C21H24/c1-18(16-20-12-5-3-6-13-20)10-9-11-19(2)17-21-14-7-4-8-15-21/h3-8,12-15H,1-2,9-11,16-17H2. The highest BCUT2D eigenvalue weighted by Gasteiger charge is 2.00. The fourth-order valence-corrected chi connectivity index (χ4v) is 2.53. The van der Waals surface area contributed by atoms with E-state index >= 15 is 0 Å². The summed E-state index contributed by atoms with van der Waals surface area (Å²) in [7, 11) is 0. The maximum atomic E-state index is 4.20. The normalized spacial score (nSPS) is 10.3. The van der Waals surface area contributed by atoms with Crippen molar-refractivity contribution in [2.75, 3.05) is 0 Å². The molecule has 2 aromatic carbocycles. The molecule has 0 saturated heterocycles. The van der Waals surface area contributed by atoms with Crippen molar-refractivity contribution in [3.63, 3.8) is 0 Å². The second kappa shape index (κ2) is 8.26. The summed E-state index contributed by atoms with van der Waals surface area (Å²) in [5.74, 6) is 0. The topological polar surface area (TPSA) is 0 Å². The van der Waals surface area contributed by atoms with Gasteiger partial charge in [0.1, 0.15) is 0 Å². The summed E-state index contributed by atoms with van der Waals surface area (Å²) in [6, 6.07) is 21.1. The summed E-state index contributed by atoms with van der Waals surface area (Å²) >= 11 is 0. The van der Waals surface area contributed by atoms with E-state index in [2.05, 4.69) is 73.8 Å². The molecule has 0 amide bonds. The minimum absolute atomic E-state index is 0.992. The van der Waals surface area contributed by atoms with Gasteiger partial charge < -0.3 is 0 Å². The quantitative estimate of drug-likeness (QED) is 0.538. The highest BCUT2D eigenvalue weighted by atomic mass is 14.1. The maximum Gasteiger partial charge on any atom is -0.00698 e. The van der Waals surface area contributed by atoms with E-state index in [1.807, 2.05) is 0 Å². The number of hydrogen-bond donors (Lipinski definition) is 0. The Morgan fingerprint density at radius 2 is 1.00 bits per heavy atom. The number of benzene rings is 2. The van der Waals surface area contributed by atoms with E-state index < -0.39 is 0 Å². The first kappa shape index (κ1) is 15.3. The van der Waals surface area contributed by atoms with Gasteiger partial charge in [0.2, 0.25) is 0 Å². The van der Waals surface area contributed by atoms with Crippen LogP contribution in [0.5, 0.6) is 0 Å². The average molecular weight is 276 g/mol. The van der Waals surface area contributed by atoms with Crippen LogP contribution in [-0.4, -0.2) is 0 Å². The number of rotatable bonds is 8. The van der Waals surface area contributed by atoms with E-state index in [0.29, 0.717) is 0 Å². The van der Waals surface area contributed by atoms with Crippen molar-refractivity contribution in [1.29, 1.82) is 0 Å². The SMILES string of the molecule is C=C(CCCC(=C)Cc1ccccc1)Cc1ccccc1. The lowest BCUT2D eigenvalue weighted by Crippen LogP contribution is -1.93. The summed E-state index contributed by atoms with van der Waals surface area (Å²) in [6.07, 6.45) is 5.31. The third kappa shape index (κ3) is 5.83. The molecule has 0 aromatic heterocycles. The van der Waals surface area contributed by atoms with Gasteiger partial charge in [0, 0.05) is 0 Å². The molecule has 0 saturated carbocycles. The largest absolute Gasteiger partial charge is 0.0995 e. The molecule has 0 unspecified atom stereocenters. The zero-order valence-corrected chi connectivity index (χ0v) is 12.7. The predicted molar refractivity (Wildman–Crippen MR) is 92.4 cm³/mol. The molecule has 2 aromatic rings. The Morgan fingerprint density at radius 3 is 1.38 bits per heavy atom. The van der Waals surface area contributed by atoms with Crippen LogP contribution in [-0.2, 0) is 12.8 Å². The summed E-state index contributed by atoms with van der Waals surface area (Å²) in [5.41, 5.74) is 5.33. The van der Waals surface area contributed by atoms with E-state index in [1.165, 1.54) is 22.3 Å². The van der Waals surface area contributed by atoms with Crippen LogP contribution in [0.1, 0.15) is 30.4 Å². The summed E-state index contributed by atoms with van der Waals surface area (Å²) < 4.78 is 0. The van der Waals surface area contributed by atoms with Gasteiger partial charge in [-0.3, -0.25) is 0 Å². The van der Waals surface area contributed by atoms with Crippen LogP contribution in [0.25, 0.3) is 0 Å². The van der Waals surface area contributed by atoms with Crippen LogP contribution < -0.4 is 0 Å². The molecule has 2 rings (SSSR count). The fourth-order valence-electron chi connectivity index (χ4n) is 2.53. The fraction of sp³-hybridized carbons (Fsp3) is 0.238. The van der Waals surface area contributed by atoms with Crippen molar-refractivity contribution in [1.82, 2.24) is 0 Å². The molecule has 0 heterocycles. The molecule has 0 atom stereocenters. The van der Waals surface area contributed by atoms with Crippen LogP contribution in [0.4, 0.5) is 0 Å². The van der Waals surface area contributed by atoms with E-state index in [9.17, 15) is 0 Å². The van der Waals surface area contributed by atoms with Crippen molar-refractivity contribution in [3.05, 3.63) is 96.1 Å². The van der Waals surface area contributed by atoms with Gasteiger partial charge in [-0.25, -0.2) is 0 Å². The Hall–Kier alpha value is -2.08. The molecular formula is C21H24. The predicted octanol–water partition coefficient (Wildman–Crippen LogP) is 5.75. The molecule has 108 valence electrons. The van der Waals surface area contributed by atoms with Crippen LogP contribution in [0.3, 0.4) is 0 Å². The molecule has 0 radical (unpaired) electrons. The second-order valence-electron chi connectivity index (χ2n) is 5.68. The molecule has 0 heteroatoms. The molecule has 0 aliphatic rings. The second-order valence-corrected chi connectivity index (χ2v) is 5.68. The minimum Gasteiger partial charge on any atom is -0.0995 e. The van der Waals surface area contributed by atoms with Gasteiger partial charge in [-0.05, 0) is 43.2 Å². The van der Waals surface area contributed by atoms with Gasteiger partial charge in [0.05, 0.1) is 0 Å². The Labute approximate surface area is 128 Å². The lowest BCUT2D eigenvalue weighted by atomic mass is 9.98. The summed E-state index contributed by atoms with van der Waals surface area (Å²) in [5, 5.41) is 0. The zero-order valence-electron chi connectivity index (χ0n) is 12.7. The maximum absolute atomic E-state index is 4.20. The highest BCUT2D eigenvalue weighted by molar-refractivity contribution is 5.22. The monoisotopic (exact) mass is 276 g/mol.